The number of hydrogen-bond acceptors (Lipinski definition) is 4. The topological polar surface area (TPSA) is 63.8 Å². The zero-order chi connectivity index (χ0) is 16.9. The van der Waals surface area contributed by atoms with Crippen LogP contribution in [0, 0.1) is 0 Å². The van der Waals surface area contributed by atoms with Crippen LogP contribution in [0.1, 0.15) is 23.0 Å². The standard InChI is InChI=1S/C18H15BrN2O3/c1-2-23-15-6-7-16-13(9-15)10-17(24-16)18(22)21-20-11-12-4-3-5-14(19)8-12/h3-11H,2H2,1H3,(H,21,22)/b20-11+. The quantitative estimate of drug-likeness (QED) is 0.523. The number of nitrogens with one attached hydrogen (secondary N) is 1. The van der Waals surface area contributed by atoms with E-state index in [1.54, 1.807) is 18.3 Å². The van der Waals surface area contributed by atoms with Gasteiger partial charge >= 0.3 is 5.91 Å². The normalized spacial score (nSPS) is 11.1. The van der Waals surface area contributed by atoms with Crippen molar-refractivity contribution >= 4 is 39.0 Å². The number of nitrogens with zero attached hydrogens (tertiary/aromatic N) is 1. The Labute approximate surface area is 147 Å². The monoisotopic (exact) mass is 386 g/mol. The van der Waals surface area contributed by atoms with E-state index >= 15 is 0 Å². The van der Waals surface area contributed by atoms with Gasteiger partial charge in [0.25, 0.3) is 0 Å². The number of halogens is 1. The molecule has 24 heavy (non-hydrogen) atoms. The minimum atomic E-state index is -0.407. The Morgan fingerprint density at radius 2 is 2.17 bits per heavy atom. The molecule has 3 rings (SSSR count). The third-order valence-corrected chi connectivity index (χ3v) is 3.74. The van der Waals surface area contributed by atoms with Gasteiger partial charge in [0.05, 0.1) is 12.8 Å². The molecule has 6 heteroatoms. The molecule has 0 saturated heterocycles. The molecule has 122 valence electrons. The molecular formula is C18H15BrN2O3. The summed E-state index contributed by atoms with van der Waals surface area (Å²) in [6.45, 7) is 2.50. The van der Waals surface area contributed by atoms with Crippen LogP contribution in [0.15, 0.2) is 62.5 Å². The molecule has 0 saturated carbocycles. The Kier molecular flexibility index (Phi) is 4.96. The first-order valence-electron chi connectivity index (χ1n) is 7.41. The summed E-state index contributed by atoms with van der Waals surface area (Å²) >= 11 is 3.38. The van der Waals surface area contributed by atoms with Crippen molar-refractivity contribution in [3.8, 4) is 5.75 Å². The molecule has 1 aromatic heterocycles. The summed E-state index contributed by atoms with van der Waals surface area (Å²) in [5.41, 5.74) is 3.95. The third kappa shape index (κ3) is 3.83. The lowest BCUT2D eigenvalue weighted by molar-refractivity contribution is 0.0929. The van der Waals surface area contributed by atoms with Crippen LogP contribution in [0.3, 0.4) is 0 Å². The lowest BCUT2D eigenvalue weighted by atomic mass is 10.2. The van der Waals surface area contributed by atoms with E-state index in [2.05, 4.69) is 26.5 Å². The summed E-state index contributed by atoms with van der Waals surface area (Å²) in [6, 6.07) is 14.7. The zero-order valence-corrected chi connectivity index (χ0v) is 14.5. The maximum atomic E-state index is 12.1. The molecular weight excluding hydrogens is 372 g/mol. The predicted octanol–water partition coefficient (Wildman–Crippen LogP) is 4.36. The molecule has 0 aliphatic rings. The summed E-state index contributed by atoms with van der Waals surface area (Å²) < 4.78 is 11.9. The summed E-state index contributed by atoms with van der Waals surface area (Å²) in [7, 11) is 0. The fraction of sp³-hybridized carbons (Fsp3) is 0.111. The van der Waals surface area contributed by atoms with Crippen molar-refractivity contribution in [2.45, 2.75) is 6.92 Å². The van der Waals surface area contributed by atoms with E-state index < -0.39 is 5.91 Å². The van der Waals surface area contributed by atoms with Gasteiger partial charge in [-0.3, -0.25) is 4.79 Å². The van der Waals surface area contributed by atoms with Gasteiger partial charge in [-0.2, -0.15) is 5.10 Å². The number of hydrazone groups is 1. The van der Waals surface area contributed by atoms with Crippen molar-refractivity contribution in [1.29, 1.82) is 0 Å². The van der Waals surface area contributed by atoms with Crippen LogP contribution < -0.4 is 10.2 Å². The number of carbonyl (C=O) groups is 1. The number of furan rings is 1. The average Bonchev–Trinajstić information content (AvgIpc) is 2.98. The van der Waals surface area contributed by atoms with E-state index in [1.807, 2.05) is 43.3 Å². The summed E-state index contributed by atoms with van der Waals surface area (Å²) in [6.07, 6.45) is 1.57. The first-order chi connectivity index (χ1) is 11.7. The molecule has 0 bridgehead atoms. The molecule has 0 aliphatic carbocycles. The van der Waals surface area contributed by atoms with Crippen LogP contribution in [0.5, 0.6) is 5.75 Å². The Hall–Kier alpha value is -2.60. The molecule has 1 heterocycles. The molecule has 0 unspecified atom stereocenters. The van der Waals surface area contributed by atoms with E-state index in [0.29, 0.717) is 12.2 Å². The second kappa shape index (κ2) is 7.31. The van der Waals surface area contributed by atoms with Crippen molar-refractivity contribution in [3.05, 3.63) is 64.3 Å². The highest BCUT2D eigenvalue weighted by molar-refractivity contribution is 9.10. The zero-order valence-electron chi connectivity index (χ0n) is 13.0. The largest absolute Gasteiger partial charge is 0.494 e. The number of hydrogen-bond donors (Lipinski definition) is 1. The Balaban J connectivity index is 1.71. The lowest BCUT2D eigenvalue weighted by Crippen LogP contribution is -2.16. The van der Waals surface area contributed by atoms with E-state index in [4.69, 9.17) is 9.15 Å². The fourth-order valence-corrected chi connectivity index (χ4v) is 2.61. The van der Waals surface area contributed by atoms with E-state index in [1.165, 1.54) is 0 Å². The molecule has 0 radical (unpaired) electrons. The molecule has 2 aromatic carbocycles. The van der Waals surface area contributed by atoms with Gasteiger partial charge in [0, 0.05) is 9.86 Å². The van der Waals surface area contributed by atoms with Gasteiger partial charge in [-0.1, -0.05) is 28.1 Å². The van der Waals surface area contributed by atoms with Gasteiger partial charge in [0.15, 0.2) is 5.76 Å². The second-order valence-electron chi connectivity index (χ2n) is 5.00. The minimum Gasteiger partial charge on any atom is -0.494 e. The van der Waals surface area contributed by atoms with Crippen molar-refractivity contribution in [3.63, 3.8) is 0 Å². The van der Waals surface area contributed by atoms with Crippen molar-refractivity contribution in [2.24, 2.45) is 5.10 Å². The number of fused-ring (bicyclic) bond motifs is 1. The van der Waals surface area contributed by atoms with Crippen molar-refractivity contribution in [2.75, 3.05) is 6.61 Å². The molecule has 5 nitrogen and oxygen atoms in total. The first-order valence-corrected chi connectivity index (χ1v) is 8.20. The van der Waals surface area contributed by atoms with Crippen LogP contribution in [0.2, 0.25) is 0 Å². The maximum Gasteiger partial charge on any atom is 0.307 e. The highest BCUT2D eigenvalue weighted by atomic mass is 79.9. The highest BCUT2D eigenvalue weighted by Gasteiger charge is 2.12. The third-order valence-electron chi connectivity index (χ3n) is 3.25. The van der Waals surface area contributed by atoms with Crippen molar-refractivity contribution in [1.82, 2.24) is 5.43 Å². The Morgan fingerprint density at radius 3 is 2.96 bits per heavy atom. The van der Waals surface area contributed by atoms with Gasteiger partial charge in [0.2, 0.25) is 0 Å². The Bertz CT molecular complexity index is 902. The molecule has 0 fully saturated rings. The molecule has 3 aromatic rings. The number of amides is 1. The SMILES string of the molecule is CCOc1ccc2oc(C(=O)N/N=C/c3cccc(Br)c3)cc2c1. The van der Waals surface area contributed by atoms with Crippen LogP contribution >= 0.6 is 15.9 Å². The number of rotatable bonds is 5. The van der Waals surface area contributed by atoms with Crippen LogP contribution in [0.25, 0.3) is 11.0 Å². The fourth-order valence-electron chi connectivity index (χ4n) is 2.20. The van der Waals surface area contributed by atoms with E-state index in [-0.39, 0.29) is 5.76 Å². The smallest absolute Gasteiger partial charge is 0.307 e. The summed E-state index contributed by atoms with van der Waals surface area (Å²) in [5.74, 6) is 0.533. The van der Waals surface area contributed by atoms with Crippen LogP contribution in [-0.4, -0.2) is 18.7 Å². The minimum absolute atomic E-state index is 0.199. The highest BCUT2D eigenvalue weighted by Crippen LogP contribution is 2.24. The molecule has 0 atom stereocenters. The van der Waals surface area contributed by atoms with Crippen molar-refractivity contribution < 1.29 is 13.9 Å². The first kappa shape index (κ1) is 16.3. The molecule has 1 amide bonds. The lowest BCUT2D eigenvalue weighted by Gasteiger charge is -2.00. The molecule has 0 aliphatic heterocycles. The van der Waals surface area contributed by atoms with Gasteiger partial charge in [-0.05, 0) is 48.9 Å². The van der Waals surface area contributed by atoms with E-state index in [0.717, 1.165) is 21.2 Å². The van der Waals surface area contributed by atoms with Gasteiger partial charge < -0.3 is 9.15 Å². The van der Waals surface area contributed by atoms with Gasteiger partial charge in [0.1, 0.15) is 11.3 Å². The summed E-state index contributed by atoms with van der Waals surface area (Å²) in [5, 5.41) is 4.75. The van der Waals surface area contributed by atoms with Gasteiger partial charge in [-0.25, -0.2) is 5.43 Å². The average molecular weight is 387 g/mol. The second-order valence-corrected chi connectivity index (χ2v) is 5.91. The predicted molar refractivity (Wildman–Crippen MR) is 96.6 cm³/mol. The van der Waals surface area contributed by atoms with Gasteiger partial charge in [-0.15, -0.1) is 0 Å². The maximum absolute atomic E-state index is 12.1. The Morgan fingerprint density at radius 1 is 1.29 bits per heavy atom. The number of carbonyl (C=O) groups excluding carboxylic acids is 1. The molecule has 1 N–H and O–H groups in total. The summed E-state index contributed by atoms with van der Waals surface area (Å²) in [4.78, 5) is 12.1. The van der Waals surface area contributed by atoms with Crippen LogP contribution in [-0.2, 0) is 0 Å². The molecule has 0 spiro atoms. The number of benzene rings is 2. The van der Waals surface area contributed by atoms with Crippen LogP contribution in [0.4, 0.5) is 0 Å². The number of ether oxygens (including phenoxy) is 1. The van der Waals surface area contributed by atoms with E-state index in [9.17, 15) is 4.79 Å².